The normalized spacial score (nSPS) is 10.7. The quantitative estimate of drug-likeness (QED) is 0.573. The van der Waals surface area contributed by atoms with Crippen molar-refractivity contribution in [2.75, 3.05) is 18.6 Å². The number of carbonyl (C=O) groups excluding carboxylic acids is 1. The van der Waals surface area contributed by atoms with Gasteiger partial charge < -0.3 is 9.84 Å². The molecule has 0 radical (unpaired) electrons. The highest BCUT2D eigenvalue weighted by Crippen LogP contribution is 2.23. The van der Waals surface area contributed by atoms with Gasteiger partial charge in [-0.3, -0.25) is 4.90 Å². The summed E-state index contributed by atoms with van der Waals surface area (Å²) < 4.78 is 20.6. The van der Waals surface area contributed by atoms with Crippen LogP contribution in [0.5, 0.6) is 5.75 Å². The molecule has 0 aliphatic heterocycles. The highest BCUT2D eigenvalue weighted by Gasteiger charge is 2.25. The molecule has 0 atom stereocenters. The molecule has 0 bridgehead atoms. The number of hydrogen-bond acceptors (Lipinski definition) is 6. The van der Waals surface area contributed by atoms with Gasteiger partial charge in [-0.25, -0.2) is 18.8 Å². The van der Waals surface area contributed by atoms with Crippen molar-refractivity contribution >= 4 is 17.7 Å². The standard InChI is InChI=1S/C20H20FN5O5/c1-3-4-11-24(14-8-5-7-13(12-14)18(27)28)19(29)26-20(30)25(22-23-26)17-15(21)9-6-10-16(17)31-2/h5-10,12H,3-4,11H2,1-2H3,(H,27,28). The largest absolute Gasteiger partial charge is 0.494 e. The second-order valence-electron chi connectivity index (χ2n) is 6.52. The molecule has 0 spiro atoms. The van der Waals surface area contributed by atoms with Crippen LogP contribution in [0.1, 0.15) is 30.1 Å². The van der Waals surface area contributed by atoms with E-state index in [0.29, 0.717) is 15.8 Å². The summed E-state index contributed by atoms with van der Waals surface area (Å²) >= 11 is 0. The number of anilines is 1. The molecule has 3 aromatic rings. The van der Waals surface area contributed by atoms with E-state index in [1.165, 1.54) is 42.3 Å². The first-order valence-corrected chi connectivity index (χ1v) is 9.42. The van der Waals surface area contributed by atoms with Crippen LogP contribution in [0.2, 0.25) is 0 Å². The molecule has 1 N–H and O–H groups in total. The highest BCUT2D eigenvalue weighted by atomic mass is 19.1. The van der Waals surface area contributed by atoms with Crippen LogP contribution in [0.25, 0.3) is 5.69 Å². The SMILES string of the molecule is CCCCN(C(=O)n1nnn(-c2c(F)cccc2OC)c1=O)c1cccc(C(=O)O)c1. The first-order chi connectivity index (χ1) is 14.9. The van der Waals surface area contributed by atoms with E-state index in [1.54, 1.807) is 6.07 Å². The minimum atomic E-state index is -1.15. The number of carbonyl (C=O) groups is 2. The maximum atomic E-state index is 14.4. The third-order valence-corrected chi connectivity index (χ3v) is 4.51. The van der Waals surface area contributed by atoms with Crippen LogP contribution in [0.15, 0.2) is 47.3 Å². The third kappa shape index (κ3) is 4.29. The summed E-state index contributed by atoms with van der Waals surface area (Å²) in [6.45, 7) is 2.13. The van der Waals surface area contributed by atoms with Crippen molar-refractivity contribution in [2.24, 2.45) is 0 Å². The molecule has 0 saturated heterocycles. The molecular weight excluding hydrogens is 409 g/mol. The predicted molar refractivity (Wildman–Crippen MR) is 109 cm³/mol. The van der Waals surface area contributed by atoms with Gasteiger partial charge in [-0.15, -0.1) is 4.68 Å². The van der Waals surface area contributed by atoms with Gasteiger partial charge in [-0.05, 0) is 47.2 Å². The summed E-state index contributed by atoms with van der Waals surface area (Å²) in [6.07, 6.45) is 1.34. The first-order valence-electron chi connectivity index (χ1n) is 9.42. The molecule has 2 aromatic carbocycles. The molecular formula is C20H20FN5O5. The number of para-hydroxylation sites is 1. The number of carboxylic acid groups (broad SMARTS) is 1. The summed E-state index contributed by atoms with van der Waals surface area (Å²) in [6, 6.07) is 8.88. The Morgan fingerprint density at radius 1 is 1.19 bits per heavy atom. The smallest absolute Gasteiger partial charge is 0.377 e. The summed E-state index contributed by atoms with van der Waals surface area (Å²) in [5.74, 6) is -1.89. The molecule has 0 aliphatic carbocycles. The molecule has 162 valence electrons. The molecule has 11 heteroatoms. The number of benzene rings is 2. The minimum Gasteiger partial charge on any atom is -0.494 e. The summed E-state index contributed by atoms with van der Waals surface area (Å²) in [5.41, 5.74) is -1.01. The van der Waals surface area contributed by atoms with Crippen molar-refractivity contribution in [3.63, 3.8) is 0 Å². The van der Waals surface area contributed by atoms with E-state index in [2.05, 4.69) is 10.4 Å². The summed E-state index contributed by atoms with van der Waals surface area (Å²) in [5, 5.41) is 16.5. The Labute approximate surface area is 176 Å². The lowest BCUT2D eigenvalue weighted by Gasteiger charge is -2.21. The van der Waals surface area contributed by atoms with Crippen molar-refractivity contribution in [3.05, 3.63) is 64.3 Å². The highest BCUT2D eigenvalue weighted by molar-refractivity contribution is 5.95. The van der Waals surface area contributed by atoms with E-state index in [4.69, 9.17) is 4.74 Å². The van der Waals surface area contributed by atoms with Gasteiger partial charge in [0.25, 0.3) is 0 Å². The Bertz CT molecular complexity index is 1170. The van der Waals surface area contributed by atoms with Gasteiger partial charge in [0.2, 0.25) is 0 Å². The summed E-state index contributed by atoms with van der Waals surface area (Å²) in [4.78, 5) is 38.5. The number of tetrazole rings is 1. The molecule has 10 nitrogen and oxygen atoms in total. The average molecular weight is 429 g/mol. The fraction of sp³-hybridized carbons (Fsp3) is 0.250. The Hall–Kier alpha value is -4.02. The number of halogens is 1. The predicted octanol–water partition coefficient (Wildman–Crippen LogP) is 2.55. The Morgan fingerprint density at radius 2 is 1.94 bits per heavy atom. The van der Waals surface area contributed by atoms with Crippen LogP contribution in [-0.2, 0) is 0 Å². The van der Waals surface area contributed by atoms with Gasteiger partial charge in [0.05, 0.1) is 12.7 Å². The molecule has 1 heterocycles. The van der Waals surface area contributed by atoms with E-state index >= 15 is 0 Å². The molecule has 1 amide bonds. The number of nitrogens with zero attached hydrogens (tertiary/aromatic N) is 5. The van der Waals surface area contributed by atoms with Crippen LogP contribution in [0.4, 0.5) is 14.9 Å². The van der Waals surface area contributed by atoms with Gasteiger partial charge in [0.1, 0.15) is 11.4 Å². The average Bonchev–Trinajstić information content (AvgIpc) is 3.14. The van der Waals surface area contributed by atoms with Crippen LogP contribution in [0.3, 0.4) is 0 Å². The van der Waals surface area contributed by atoms with E-state index in [9.17, 15) is 23.9 Å². The van der Waals surface area contributed by atoms with Gasteiger partial charge in [-0.2, -0.15) is 4.68 Å². The number of carboxylic acids is 1. The Morgan fingerprint density at radius 3 is 2.61 bits per heavy atom. The van der Waals surface area contributed by atoms with Gasteiger partial charge in [0, 0.05) is 12.2 Å². The number of aromatic nitrogens is 4. The number of hydrogen-bond donors (Lipinski definition) is 1. The van der Waals surface area contributed by atoms with Gasteiger partial charge in [-0.1, -0.05) is 25.5 Å². The van der Waals surface area contributed by atoms with E-state index in [0.717, 1.165) is 12.5 Å². The van der Waals surface area contributed by atoms with E-state index < -0.39 is 23.5 Å². The summed E-state index contributed by atoms with van der Waals surface area (Å²) in [7, 11) is 1.31. The van der Waals surface area contributed by atoms with Crippen LogP contribution >= 0.6 is 0 Å². The fourth-order valence-electron chi connectivity index (χ4n) is 2.95. The lowest BCUT2D eigenvalue weighted by molar-refractivity contribution is 0.0697. The molecule has 31 heavy (non-hydrogen) atoms. The molecule has 0 aliphatic rings. The first kappa shape index (κ1) is 21.7. The molecule has 0 unspecified atom stereocenters. The number of unbranched alkanes of at least 4 members (excludes halogenated alkanes) is 1. The second-order valence-corrected chi connectivity index (χ2v) is 6.52. The molecule has 1 aromatic heterocycles. The lowest BCUT2D eigenvalue weighted by atomic mass is 10.2. The van der Waals surface area contributed by atoms with Gasteiger partial charge >= 0.3 is 17.7 Å². The fourth-order valence-corrected chi connectivity index (χ4v) is 2.95. The second kappa shape index (κ2) is 9.20. The minimum absolute atomic E-state index is 0.0149. The van der Waals surface area contributed by atoms with Crippen molar-refractivity contribution < 1.29 is 23.8 Å². The Balaban J connectivity index is 2.05. The molecule has 3 rings (SSSR count). The number of ether oxygens (including phenoxy) is 1. The zero-order valence-corrected chi connectivity index (χ0v) is 16.9. The molecule has 0 saturated carbocycles. The zero-order chi connectivity index (χ0) is 22.5. The lowest BCUT2D eigenvalue weighted by Crippen LogP contribution is -2.41. The maximum absolute atomic E-state index is 14.4. The van der Waals surface area contributed by atoms with Crippen LogP contribution in [-0.4, -0.2) is 50.6 Å². The van der Waals surface area contributed by atoms with E-state index in [1.807, 2.05) is 6.92 Å². The maximum Gasteiger partial charge on any atom is 0.377 e. The topological polar surface area (TPSA) is 120 Å². The third-order valence-electron chi connectivity index (χ3n) is 4.51. The molecule has 0 fully saturated rings. The van der Waals surface area contributed by atoms with Crippen molar-refractivity contribution in [2.45, 2.75) is 19.8 Å². The number of aromatic carboxylic acids is 1. The van der Waals surface area contributed by atoms with E-state index in [-0.39, 0.29) is 29.2 Å². The monoisotopic (exact) mass is 429 g/mol. The van der Waals surface area contributed by atoms with Crippen molar-refractivity contribution in [1.29, 1.82) is 0 Å². The zero-order valence-electron chi connectivity index (χ0n) is 16.9. The van der Waals surface area contributed by atoms with Crippen molar-refractivity contribution in [3.8, 4) is 11.4 Å². The van der Waals surface area contributed by atoms with Crippen LogP contribution < -0.4 is 15.3 Å². The number of rotatable bonds is 7. The van der Waals surface area contributed by atoms with Crippen molar-refractivity contribution in [1.82, 2.24) is 19.8 Å². The number of amides is 1. The Kier molecular flexibility index (Phi) is 6.43. The van der Waals surface area contributed by atoms with Gasteiger partial charge in [0.15, 0.2) is 5.82 Å². The van der Waals surface area contributed by atoms with Crippen LogP contribution in [0, 0.1) is 5.82 Å². The number of methoxy groups -OCH3 is 1.